The molecule has 1 aromatic carbocycles. The second kappa shape index (κ2) is 9.50. The number of benzene rings is 1. The van der Waals surface area contributed by atoms with Crippen LogP contribution in [-0.2, 0) is 6.54 Å². The van der Waals surface area contributed by atoms with Gasteiger partial charge in [-0.2, -0.15) is 11.8 Å². The molecule has 2 heterocycles. The number of aliphatic hydroxyl groups is 1. The molecule has 2 aliphatic heterocycles. The van der Waals surface area contributed by atoms with Crippen LogP contribution < -0.4 is 9.47 Å². The van der Waals surface area contributed by atoms with Crippen molar-refractivity contribution in [3.05, 3.63) is 23.8 Å². The minimum atomic E-state index is -0.483. The molecule has 1 N–H and O–H groups in total. The van der Waals surface area contributed by atoms with Crippen LogP contribution in [0.4, 0.5) is 0 Å². The molecule has 0 spiro atoms. The molecular weight excluding hydrogens is 360 g/mol. The first-order valence-electron chi connectivity index (χ1n) is 10.0. The summed E-state index contributed by atoms with van der Waals surface area (Å²) in [5, 5.41) is 10.3. The second-order valence-corrected chi connectivity index (χ2v) is 9.43. The van der Waals surface area contributed by atoms with Crippen molar-refractivity contribution < 1.29 is 14.6 Å². The first-order chi connectivity index (χ1) is 13.0. The molecule has 2 saturated heterocycles. The Morgan fingerprint density at radius 3 is 2.63 bits per heavy atom. The predicted molar refractivity (Wildman–Crippen MR) is 112 cm³/mol. The molecule has 152 valence electrons. The zero-order valence-electron chi connectivity index (χ0n) is 16.9. The minimum absolute atomic E-state index is 0.263. The van der Waals surface area contributed by atoms with Crippen LogP contribution >= 0.6 is 11.8 Å². The van der Waals surface area contributed by atoms with E-state index < -0.39 is 6.10 Å². The fourth-order valence-corrected chi connectivity index (χ4v) is 4.91. The summed E-state index contributed by atoms with van der Waals surface area (Å²) in [7, 11) is 1.67. The van der Waals surface area contributed by atoms with Gasteiger partial charge >= 0.3 is 0 Å². The van der Waals surface area contributed by atoms with E-state index in [-0.39, 0.29) is 5.54 Å². The molecule has 5 nitrogen and oxygen atoms in total. The summed E-state index contributed by atoms with van der Waals surface area (Å²) in [6.07, 6.45) is 2.03. The number of ether oxygens (including phenoxy) is 2. The summed E-state index contributed by atoms with van der Waals surface area (Å²) in [4.78, 5) is 4.84. The topological polar surface area (TPSA) is 45.2 Å². The van der Waals surface area contributed by atoms with Gasteiger partial charge in [-0.3, -0.25) is 9.80 Å². The number of thioether (sulfide) groups is 1. The van der Waals surface area contributed by atoms with E-state index in [1.165, 1.54) is 18.4 Å². The molecule has 0 aliphatic carbocycles. The largest absolute Gasteiger partial charge is 0.493 e. The van der Waals surface area contributed by atoms with E-state index in [1.807, 2.05) is 17.8 Å². The molecule has 0 saturated carbocycles. The number of methoxy groups -OCH3 is 1. The van der Waals surface area contributed by atoms with Gasteiger partial charge < -0.3 is 14.6 Å². The molecule has 0 radical (unpaired) electrons. The standard InChI is InChI=1S/C21H34N2O3S/c1-21(2)7-4-8-23(21)14-17-5-6-19(20(13-17)25-3)26-16-18(24)15-22-9-11-27-12-10-22/h5-6,13,18,24H,4,7-12,14-16H2,1-3H3/t18-/m0/s1. The minimum Gasteiger partial charge on any atom is -0.493 e. The lowest BCUT2D eigenvalue weighted by molar-refractivity contribution is 0.0704. The van der Waals surface area contributed by atoms with Gasteiger partial charge in [0, 0.05) is 43.2 Å². The van der Waals surface area contributed by atoms with Crippen LogP contribution in [-0.4, -0.2) is 78.0 Å². The number of aliphatic hydroxyl groups excluding tert-OH is 1. The maximum atomic E-state index is 10.3. The first-order valence-corrected chi connectivity index (χ1v) is 11.2. The van der Waals surface area contributed by atoms with Gasteiger partial charge in [0.1, 0.15) is 12.7 Å². The van der Waals surface area contributed by atoms with Gasteiger partial charge in [0.2, 0.25) is 0 Å². The SMILES string of the molecule is COc1cc(CN2CCCC2(C)C)ccc1OC[C@@H](O)CN1CCSCC1. The molecule has 0 amide bonds. The van der Waals surface area contributed by atoms with Crippen molar-refractivity contribution in [2.24, 2.45) is 0 Å². The highest BCUT2D eigenvalue weighted by molar-refractivity contribution is 7.99. The van der Waals surface area contributed by atoms with E-state index >= 15 is 0 Å². The monoisotopic (exact) mass is 394 g/mol. The Morgan fingerprint density at radius 1 is 1.19 bits per heavy atom. The number of nitrogens with zero attached hydrogens (tertiary/aromatic N) is 2. The first kappa shape index (κ1) is 20.8. The van der Waals surface area contributed by atoms with Crippen LogP contribution in [0.5, 0.6) is 11.5 Å². The van der Waals surface area contributed by atoms with Crippen molar-refractivity contribution in [2.75, 3.05) is 51.4 Å². The molecule has 6 heteroatoms. The third kappa shape index (κ3) is 5.76. The Bertz CT molecular complexity index is 605. The highest BCUT2D eigenvalue weighted by Crippen LogP contribution is 2.33. The van der Waals surface area contributed by atoms with Crippen LogP contribution in [0.1, 0.15) is 32.3 Å². The Kier molecular flexibility index (Phi) is 7.31. The average molecular weight is 395 g/mol. The van der Waals surface area contributed by atoms with Gasteiger partial charge in [0.15, 0.2) is 11.5 Å². The van der Waals surface area contributed by atoms with Crippen molar-refractivity contribution in [1.29, 1.82) is 0 Å². The number of rotatable bonds is 8. The number of likely N-dealkylation sites (tertiary alicyclic amines) is 1. The lowest BCUT2D eigenvalue weighted by atomic mass is 10.0. The normalized spacial score (nSPS) is 21.9. The van der Waals surface area contributed by atoms with Gasteiger partial charge in [-0.05, 0) is 50.9 Å². The summed E-state index contributed by atoms with van der Waals surface area (Å²) in [5.41, 5.74) is 1.50. The third-order valence-corrected chi connectivity index (χ3v) is 6.62. The molecule has 3 rings (SSSR count). The summed E-state index contributed by atoms with van der Waals surface area (Å²) >= 11 is 1.98. The molecular formula is C21H34N2O3S. The Morgan fingerprint density at radius 2 is 1.96 bits per heavy atom. The van der Waals surface area contributed by atoms with Crippen LogP contribution in [0.3, 0.4) is 0 Å². The molecule has 0 unspecified atom stereocenters. The van der Waals surface area contributed by atoms with Crippen molar-refractivity contribution >= 4 is 11.8 Å². The zero-order chi connectivity index (χ0) is 19.3. The number of hydrogen-bond donors (Lipinski definition) is 1. The zero-order valence-corrected chi connectivity index (χ0v) is 17.8. The number of β-amino-alcohol motifs (C(OH)–C–C–N with tert-alkyl or cyclic N) is 1. The van der Waals surface area contributed by atoms with E-state index in [0.29, 0.717) is 18.9 Å². The highest BCUT2D eigenvalue weighted by atomic mass is 32.2. The molecule has 2 aliphatic rings. The fourth-order valence-electron chi connectivity index (χ4n) is 3.93. The Hall–Kier alpha value is -0.950. The van der Waals surface area contributed by atoms with Gasteiger partial charge in [0.25, 0.3) is 0 Å². The van der Waals surface area contributed by atoms with E-state index in [2.05, 4.69) is 35.8 Å². The van der Waals surface area contributed by atoms with Crippen molar-refractivity contribution in [3.8, 4) is 11.5 Å². The van der Waals surface area contributed by atoms with Gasteiger partial charge in [-0.25, -0.2) is 0 Å². The fraction of sp³-hybridized carbons (Fsp3) is 0.714. The van der Waals surface area contributed by atoms with Crippen molar-refractivity contribution in [2.45, 2.75) is 44.9 Å². The quantitative estimate of drug-likeness (QED) is 0.732. The predicted octanol–water partition coefficient (Wildman–Crippen LogP) is 2.86. The summed E-state index contributed by atoms with van der Waals surface area (Å²) in [6.45, 7) is 9.77. The number of hydrogen-bond acceptors (Lipinski definition) is 6. The van der Waals surface area contributed by atoms with E-state index in [1.54, 1.807) is 7.11 Å². The van der Waals surface area contributed by atoms with Crippen molar-refractivity contribution in [1.82, 2.24) is 9.80 Å². The van der Waals surface area contributed by atoms with Crippen LogP contribution in [0.2, 0.25) is 0 Å². The lowest BCUT2D eigenvalue weighted by Crippen LogP contribution is -2.40. The Labute approximate surface area is 168 Å². The molecule has 1 aromatic rings. The molecule has 0 aromatic heterocycles. The smallest absolute Gasteiger partial charge is 0.161 e. The maximum absolute atomic E-state index is 10.3. The van der Waals surface area contributed by atoms with Crippen LogP contribution in [0.15, 0.2) is 18.2 Å². The second-order valence-electron chi connectivity index (χ2n) is 8.20. The summed E-state index contributed by atoms with van der Waals surface area (Å²) < 4.78 is 11.4. The van der Waals surface area contributed by atoms with Gasteiger partial charge in [0.05, 0.1) is 7.11 Å². The summed E-state index contributed by atoms with van der Waals surface area (Å²) in [5.74, 6) is 3.74. The Balaban J connectivity index is 1.54. The van der Waals surface area contributed by atoms with Crippen LogP contribution in [0.25, 0.3) is 0 Å². The highest BCUT2D eigenvalue weighted by Gasteiger charge is 2.31. The van der Waals surface area contributed by atoms with Gasteiger partial charge in [-0.15, -0.1) is 0 Å². The average Bonchev–Trinajstić information content (AvgIpc) is 2.99. The van der Waals surface area contributed by atoms with Crippen LogP contribution in [0, 0.1) is 0 Å². The van der Waals surface area contributed by atoms with E-state index in [0.717, 1.165) is 43.4 Å². The third-order valence-electron chi connectivity index (χ3n) is 5.68. The molecule has 2 fully saturated rings. The maximum Gasteiger partial charge on any atom is 0.161 e. The molecule has 1 atom stereocenters. The van der Waals surface area contributed by atoms with Gasteiger partial charge in [-0.1, -0.05) is 6.07 Å². The van der Waals surface area contributed by atoms with E-state index in [9.17, 15) is 5.11 Å². The summed E-state index contributed by atoms with van der Waals surface area (Å²) in [6, 6.07) is 6.15. The lowest BCUT2D eigenvalue weighted by Gasteiger charge is -2.31. The van der Waals surface area contributed by atoms with Crippen molar-refractivity contribution in [3.63, 3.8) is 0 Å². The van der Waals surface area contributed by atoms with E-state index in [4.69, 9.17) is 9.47 Å². The molecule has 27 heavy (non-hydrogen) atoms. The molecule has 0 bridgehead atoms.